The topological polar surface area (TPSA) is 82.7 Å². The van der Waals surface area contributed by atoms with Gasteiger partial charge in [-0.15, -0.1) is 0 Å². The molecule has 3 N–H and O–H groups in total. The predicted molar refractivity (Wildman–Crippen MR) is 102 cm³/mol. The van der Waals surface area contributed by atoms with E-state index >= 15 is 0 Å². The molecule has 0 saturated carbocycles. The Hall–Kier alpha value is -2.12. The largest absolute Gasteiger partial charge is 0.378 e. The van der Waals surface area contributed by atoms with Gasteiger partial charge < -0.3 is 25.6 Å². The molecule has 144 valence electrons. The van der Waals surface area contributed by atoms with Gasteiger partial charge in [0.25, 0.3) is 0 Å². The van der Waals surface area contributed by atoms with Crippen LogP contribution in [0.2, 0.25) is 0 Å². The molecule has 7 nitrogen and oxygen atoms in total. The molecular weight excluding hydrogens is 332 g/mol. The standard InChI is InChI=1S/C19H30N4O3/c1-4-23(5-2)19(25)22-16-8-6-15(7-9-16)14(3)21-18(24)12-17-13-26-11-10-20-17/h6-9,14,17,20H,4-5,10-13H2,1-3H3,(H,21,24)(H,22,25). The SMILES string of the molecule is CCN(CC)C(=O)Nc1ccc(C(C)NC(=O)CC2COCCN2)cc1. The van der Waals surface area contributed by atoms with Crippen molar-refractivity contribution < 1.29 is 14.3 Å². The van der Waals surface area contributed by atoms with E-state index in [1.165, 1.54) is 0 Å². The molecule has 1 aromatic rings. The average molecular weight is 362 g/mol. The first kappa shape index (κ1) is 20.2. The zero-order valence-corrected chi connectivity index (χ0v) is 15.9. The van der Waals surface area contributed by atoms with Crippen molar-refractivity contribution in [1.82, 2.24) is 15.5 Å². The van der Waals surface area contributed by atoms with E-state index in [4.69, 9.17) is 4.74 Å². The summed E-state index contributed by atoms with van der Waals surface area (Å²) in [5.74, 6) is -0.000544. The maximum absolute atomic E-state index is 12.2. The van der Waals surface area contributed by atoms with Crippen molar-refractivity contribution in [2.75, 3.05) is 38.2 Å². The van der Waals surface area contributed by atoms with Crippen LogP contribution in [0, 0.1) is 0 Å². The second-order valence-corrected chi connectivity index (χ2v) is 6.44. The molecule has 0 aromatic heterocycles. The average Bonchev–Trinajstić information content (AvgIpc) is 2.64. The number of benzene rings is 1. The fourth-order valence-electron chi connectivity index (χ4n) is 2.93. The summed E-state index contributed by atoms with van der Waals surface area (Å²) < 4.78 is 5.37. The number of carbonyl (C=O) groups excluding carboxylic acids is 2. The highest BCUT2D eigenvalue weighted by Crippen LogP contribution is 2.17. The van der Waals surface area contributed by atoms with Crippen LogP contribution in [0.25, 0.3) is 0 Å². The molecule has 1 aliphatic rings. The van der Waals surface area contributed by atoms with Crippen LogP contribution in [0.3, 0.4) is 0 Å². The zero-order chi connectivity index (χ0) is 18.9. The van der Waals surface area contributed by atoms with Gasteiger partial charge in [-0.2, -0.15) is 0 Å². The van der Waals surface area contributed by atoms with Crippen LogP contribution in [0.4, 0.5) is 10.5 Å². The van der Waals surface area contributed by atoms with Gasteiger partial charge in [0.1, 0.15) is 0 Å². The van der Waals surface area contributed by atoms with E-state index < -0.39 is 0 Å². The van der Waals surface area contributed by atoms with Gasteiger partial charge in [-0.1, -0.05) is 12.1 Å². The summed E-state index contributed by atoms with van der Waals surface area (Å²) in [5, 5.41) is 9.17. The quantitative estimate of drug-likeness (QED) is 0.694. The number of anilines is 1. The van der Waals surface area contributed by atoms with Gasteiger partial charge in [0.2, 0.25) is 5.91 Å². The van der Waals surface area contributed by atoms with E-state index in [0.29, 0.717) is 32.7 Å². The molecule has 1 aliphatic heterocycles. The van der Waals surface area contributed by atoms with E-state index in [2.05, 4.69) is 16.0 Å². The van der Waals surface area contributed by atoms with Gasteiger partial charge >= 0.3 is 6.03 Å². The molecule has 0 spiro atoms. The van der Waals surface area contributed by atoms with Crippen molar-refractivity contribution in [3.8, 4) is 0 Å². The summed E-state index contributed by atoms with van der Waals surface area (Å²) >= 11 is 0. The molecule has 0 bridgehead atoms. The Morgan fingerprint density at radius 2 is 1.96 bits per heavy atom. The maximum Gasteiger partial charge on any atom is 0.321 e. The molecule has 0 radical (unpaired) electrons. The minimum Gasteiger partial charge on any atom is -0.378 e. The smallest absolute Gasteiger partial charge is 0.321 e. The summed E-state index contributed by atoms with van der Waals surface area (Å²) in [6.07, 6.45) is 0.405. The normalized spacial score (nSPS) is 18.0. The molecule has 1 fully saturated rings. The fraction of sp³-hybridized carbons (Fsp3) is 0.579. The first-order valence-electron chi connectivity index (χ1n) is 9.29. The number of hydrogen-bond donors (Lipinski definition) is 3. The van der Waals surface area contributed by atoms with Crippen LogP contribution in [0.5, 0.6) is 0 Å². The van der Waals surface area contributed by atoms with E-state index in [1.54, 1.807) is 4.90 Å². The monoisotopic (exact) mass is 362 g/mol. The lowest BCUT2D eigenvalue weighted by atomic mass is 10.1. The Morgan fingerprint density at radius 3 is 2.54 bits per heavy atom. The van der Waals surface area contributed by atoms with Crippen molar-refractivity contribution in [1.29, 1.82) is 0 Å². The number of carbonyl (C=O) groups is 2. The number of rotatable bonds is 7. The molecule has 2 unspecified atom stereocenters. The van der Waals surface area contributed by atoms with Crippen LogP contribution < -0.4 is 16.0 Å². The number of hydrogen-bond acceptors (Lipinski definition) is 4. The molecule has 1 heterocycles. The van der Waals surface area contributed by atoms with Crippen molar-refractivity contribution >= 4 is 17.6 Å². The predicted octanol–water partition coefficient (Wildman–Crippen LogP) is 2.12. The third kappa shape index (κ3) is 6.00. The number of amides is 3. The lowest BCUT2D eigenvalue weighted by molar-refractivity contribution is -0.122. The Bertz CT molecular complexity index is 581. The Balaban J connectivity index is 1.84. The molecular formula is C19H30N4O3. The third-order valence-electron chi connectivity index (χ3n) is 4.52. The summed E-state index contributed by atoms with van der Waals surface area (Å²) in [6, 6.07) is 7.43. The van der Waals surface area contributed by atoms with Gasteiger partial charge in [-0.25, -0.2) is 4.79 Å². The van der Waals surface area contributed by atoms with Crippen LogP contribution >= 0.6 is 0 Å². The van der Waals surface area contributed by atoms with Crippen molar-refractivity contribution in [2.45, 2.75) is 39.3 Å². The molecule has 2 rings (SSSR count). The minimum absolute atomic E-state index is 0.000544. The van der Waals surface area contributed by atoms with Crippen molar-refractivity contribution in [3.05, 3.63) is 29.8 Å². The number of nitrogens with zero attached hydrogens (tertiary/aromatic N) is 1. The van der Waals surface area contributed by atoms with E-state index in [-0.39, 0.29) is 24.0 Å². The Labute approximate surface area is 155 Å². The number of ether oxygens (including phenoxy) is 1. The van der Waals surface area contributed by atoms with Gasteiger partial charge in [0.15, 0.2) is 0 Å². The van der Waals surface area contributed by atoms with Crippen LogP contribution in [0.15, 0.2) is 24.3 Å². The highest BCUT2D eigenvalue weighted by Gasteiger charge is 2.18. The van der Waals surface area contributed by atoms with Crippen molar-refractivity contribution in [2.24, 2.45) is 0 Å². The highest BCUT2D eigenvalue weighted by molar-refractivity contribution is 5.89. The lowest BCUT2D eigenvalue weighted by Gasteiger charge is -2.24. The van der Waals surface area contributed by atoms with Crippen LogP contribution in [-0.4, -0.2) is 55.7 Å². The fourth-order valence-corrected chi connectivity index (χ4v) is 2.93. The van der Waals surface area contributed by atoms with Crippen molar-refractivity contribution in [3.63, 3.8) is 0 Å². The molecule has 0 aliphatic carbocycles. The van der Waals surface area contributed by atoms with E-state index in [9.17, 15) is 9.59 Å². The lowest BCUT2D eigenvalue weighted by Crippen LogP contribution is -2.44. The second-order valence-electron chi connectivity index (χ2n) is 6.44. The summed E-state index contributed by atoms with van der Waals surface area (Å²) in [5.41, 5.74) is 1.74. The Morgan fingerprint density at radius 1 is 1.27 bits per heavy atom. The number of urea groups is 1. The van der Waals surface area contributed by atoms with Crippen LogP contribution in [-0.2, 0) is 9.53 Å². The molecule has 7 heteroatoms. The molecule has 26 heavy (non-hydrogen) atoms. The van der Waals surface area contributed by atoms with Gasteiger partial charge in [-0.3, -0.25) is 4.79 Å². The third-order valence-corrected chi connectivity index (χ3v) is 4.52. The maximum atomic E-state index is 12.2. The highest BCUT2D eigenvalue weighted by atomic mass is 16.5. The van der Waals surface area contributed by atoms with E-state index in [0.717, 1.165) is 17.8 Å². The summed E-state index contributed by atoms with van der Waals surface area (Å²) in [7, 11) is 0. The first-order chi connectivity index (χ1) is 12.5. The molecule has 1 saturated heterocycles. The van der Waals surface area contributed by atoms with Gasteiger partial charge in [0.05, 0.1) is 19.3 Å². The Kier molecular flexibility index (Phi) is 7.87. The zero-order valence-electron chi connectivity index (χ0n) is 15.9. The summed E-state index contributed by atoms with van der Waals surface area (Å²) in [6.45, 7) is 9.25. The molecule has 3 amide bonds. The summed E-state index contributed by atoms with van der Waals surface area (Å²) in [4.78, 5) is 26.0. The molecule has 2 atom stereocenters. The number of morpholine rings is 1. The van der Waals surface area contributed by atoms with Gasteiger partial charge in [-0.05, 0) is 38.5 Å². The number of nitrogens with one attached hydrogen (secondary N) is 3. The van der Waals surface area contributed by atoms with E-state index in [1.807, 2.05) is 45.0 Å². The van der Waals surface area contributed by atoms with Gasteiger partial charge in [0, 0.05) is 37.8 Å². The first-order valence-corrected chi connectivity index (χ1v) is 9.29. The molecule has 1 aromatic carbocycles. The second kappa shape index (κ2) is 10.1. The van der Waals surface area contributed by atoms with Crippen LogP contribution in [0.1, 0.15) is 38.8 Å². The minimum atomic E-state index is -0.105.